The number of ether oxygens (including phenoxy) is 2. The normalized spacial score (nSPS) is 13.9. The molecule has 14 aromatic rings. The Hall–Kier alpha value is -12.3. The Balaban J connectivity index is 0.000000208. The molecule has 2 aliphatic rings. The molecule has 16 rings (SSSR count). The minimum absolute atomic E-state index is 0.0355. The Labute approximate surface area is 830 Å². The van der Waals surface area contributed by atoms with Crippen LogP contribution in [0.25, 0.3) is 91.6 Å². The van der Waals surface area contributed by atoms with Crippen LogP contribution in [-0.4, -0.2) is 59.5 Å². The van der Waals surface area contributed by atoms with Crippen molar-refractivity contribution >= 4 is 174 Å². The molecule has 0 fully saturated rings. The second kappa shape index (κ2) is 47.4. The zero-order chi connectivity index (χ0) is 95.1. The summed E-state index contributed by atoms with van der Waals surface area (Å²) in [7, 11) is 0. The minimum Gasteiger partial charge on any atom is -0.429 e. The van der Waals surface area contributed by atoms with Gasteiger partial charge in [0.2, 0.25) is 0 Å². The highest BCUT2D eigenvalue weighted by atomic mass is 32.1. The predicted molar refractivity (Wildman–Crippen MR) is 570 cm³/mol. The lowest BCUT2D eigenvalue weighted by atomic mass is 9.92. The number of hydrogen-bond acceptors (Lipinski definition) is 20. The molecule has 14 nitrogen and oxygen atoms in total. The SMILES string of the molecule is CCCCC(CC)CN1C(=O)C(=Cc2ccc(-c3ccc(-c4ccc(-c5ccc(-c6ccc(N(c7ccc(OC=O)cc7)c7ccc(OC=O)cc7)cc6)s5)s4)s3)s2)C(C)=C(C#N)C1=O.CCCCCCc1cc(/C=C2\C(=O)N(CC(CC)CCCC)C(=O)C(C#N)=C2C)sc1-c1ccc(-c2ccc(-c3sc(-c4ccc(N(c5ccccc5)c5ccccc5)cc4)cc3CCCCCC)s2)s1. The van der Waals surface area contributed by atoms with Gasteiger partial charge in [0.25, 0.3) is 36.6 Å². The fraction of sp³-hybridized carbons (Fsp3) is 0.263. The molecular formula is C114H110N6O8S8. The maximum absolute atomic E-state index is 14.2. The zero-order valence-corrected chi connectivity index (χ0v) is 84.4. The number of unbranched alkanes of at least 4 members (excludes halogenated alkanes) is 8. The van der Waals surface area contributed by atoms with Crippen LogP contribution in [0, 0.1) is 34.5 Å². The van der Waals surface area contributed by atoms with E-state index in [4.69, 9.17) is 9.47 Å². The van der Waals surface area contributed by atoms with Crippen molar-refractivity contribution in [1.82, 2.24) is 9.80 Å². The number of carbonyl (C=O) groups is 6. The fourth-order valence-corrected chi connectivity index (χ4v) is 26.2. The average Bonchev–Trinajstić information content (AvgIpc) is 1.20. The van der Waals surface area contributed by atoms with E-state index in [0.717, 1.165) is 135 Å². The molecule has 0 radical (unpaired) electrons. The number of hydrogen-bond donors (Lipinski definition) is 0. The van der Waals surface area contributed by atoms with Gasteiger partial charge in [0.1, 0.15) is 34.8 Å². The highest BCUT2D eigenvalue weighted by Gasteiger charge is 2.39. The topological polar surface area (TPSA) is 181 Å². The molecule has 0 aliphatic carbocycles. The number of carbonyl (C=O) groups excluding carboxylic acids is 6. The molecule has 0 saturated carbocycles. The Morgan fingerprint density at radius 2 is 0.676 bits per heavy atom. The molecule has 22 heteroatoms. The van der Waals surface area contributed by atoms with E-state index in [1.807, 2.05) is 76.5 Å². The number of amides is 4. The predicted octanol–water partition coefficient (Wildman–Crippen LogP) is 33.1. The molecule has 0 spiro atoms. The summed E-state index contributed by atoms with van der Waals surface area (Å²) in [6.45, 7) is 17.9. The van der Waals surface area contributed by atoms with E-state index in [2.05, 4.69) is 252 Å². The van der Waals surface area contributed by atoms with Gasteiger partial charge in [-0.25, -0.2) is 0 Å². The highest BCUT2D eigenvalue weighted by molar-refractivity contribution is 7.30. The van der Waals surface area contributed by atoms with Gasteiger partial charge >= 0.3 is 0 Å². The number of aryl methyl sites for hydroxylation is 2. The quantitative estimate of drug-likeness (QED) is 0.0153. The summed E-state index contributed by atoms with van der Waals surface area (Å²) in [4.78, 5) is 103. The van der Waals surface area contributed by atoms with Crippen molar-refractivity contribution in [3.05, 3.63) is 297 Å². The van der Waals surface area contributed by atoms with E-state index in [-0.39, 0.29) is 34.8 Å². The lowest BCUT2D eigenvalue weighted by Gasteiger charge is -2.30. The molecule has 2 aliphatic heterocycles. The van der Waals surface area contributed by atoms with Gasteiger partial charge in [-0.1, -0.05) is 179 Å². The van der Waals surface area contributed by atoms with Crippen molar-refractivity contribution < 1.29 is 38.2 Å². The molecule has 6 aromatic carbocycles. The number of imide groups is 2. The summed E-state index contributed by atoms with van der Waals surface area (Å²) in [5, 5.41) is 20.1. The van der Waals surface area contributed by atoms with Crippen molar-refractivity contribution in [1.29, 1.82) is 10.5 Å². The van der Waals surface area contributed by atoms with E-state index in [9.17, 15) is 39.3 Å². The van der Waals surface area contributed by atoms with Crippen LogP contribution in [0.1, 0.15) is 179 Å². The Morgan fingerprint density at radius 1 is 0.338 bits per heavy atom. The van der Waals surface area contributed by atoms with Gasteiger partial charge in [-0.05, 0) is 292 Å². The highest BCUT2D eigenvalue weighted by Crippen LogP contribution is 2.51. The van der Waals surface area contributed by atoms with E-state index in [0.29, 0.717) is 59.8 Å². The number of benzene rings is 6. The number of nitrogens with zero attached hydrogens (tertiary/aromatic N) is 6. The first-order valence-electron chi connectivity index (χ1n) is 47.0. The third-order valence-electron chi connectivity index (χ3n) is 24.9. The summed E-state index contributed by atoms with van der Waals surface area (Å²) >= 11 is 14.2. The van der Waals surface area contributed by atoms with Gasteiger partial charge in [-0.15, -0.1) is 90.7 Å². The third-order valence-corrected chi connectivity index (χ3v) is 34.9. The second-order valence-electron chi connectivity index (χ2n) is 34.1. The molecule has 136 heavy (non-hydrogen) atoms. The molecule has 0 saturated heterocycles. The molecular weight excluding hydrogens is 1840 g/mol. The number of anilines is 6. The van der Waals surface area contributed by atoms with Crippen LogP contribution in [0.3, 0.4) is 0 Å². The van der Waals surface area contributed by atoms with Crippen LogP contribution in [0.2, 0.25) is 0 Å². The molecule has 692 valence electrons. The summed E-state index contributed by atoms with van der Waals surface area (Å²) in [6.07, 6.45) is 23.2. The van der Waals surface area contributed by atoms with Gasteiger partial charge in [0.05, 0.1) is 0 Å². The fourth-order valence-electron chi connectivity index (χ4n) is 17.2. The van der Waals surface area contributed by atoms with Gasteiger partial charge in [0, 0.05) is 136 Å². The van der Waals surface area contributed by atoms with Crippen LogP contribution in [0.5, 0.6) is 11.5 Å². The lowest BCUT2D eigenvalue weighted by Crippen LogP contribution is -2.45. The standard InChI is InChI=1S/C62H67N3O2S4.C52H43N3O6S4/c1-6-10-13-17-24-46-38-51(40-52-43(5)53(41-63)62(67)64(61(52)66)42-44(9-4)23-12-8-3)68-59(46)56-36-34-54(69-56)55-35-37-57(70-55)60-47(25-18-14-11-7-2)39-58(71-60)45-30-32-50(33-31-45)65(48-26-19-15-20-27-48)49-28-21-16-22-29-49;1-4-6-7-34(5-2)30-54-51(58)42(33(3)43(29-53)52(54)59)28-41-20-21-45(62-41)46-24-25-49(64-46)50-27-26-48(65-50)47-23-22-44(63-47)35-8-10-36(11-9-35)55(37-12-16-39(17-13-37)60-31-56)38-14-18-40(19-15-38)61-32-57/h15-16,19-22,26-40,44H,6-14,17-18,23-25,42H2,1-5H3;8-28,31-32,34H,4-7,30H2,1-3H3/b52-40-;. The summed E-state index contributed by atoms with van der Waals surface area (Å²) in [5.41, 5.74) is 12.9. The first kappa shape index (κ1) is 98.2. The second-order valence-corrected chi connectivity index (χ2v) is 42.7. The number of thiophene rings is 8. The van der Waals surface area contributed by atoms with Gasteiger partial charge in [0.15, 0.2) is 0 Å². The summed E-state index contributed by atoms with van der Waals surface area (Å²) < 4.78 is 10.0. The molecule has 0 N–H and O–H groups in total. The monoisotopic (exact) mass is 1950 g/mol. The van der Waals surface area contributed by atoms with Crippen molar-refractivity contribution in [3.63, 3.8) is 0 Å². The van der Waals surface area contributed by atoms with Gasteiger partial charge in [-0.2, -0.15) is 10.5 Å². The van der Waals surface area contributed by atoms with E-state index < -0.39 is 11.8 Å². The average molecular weight is 1950 g/mol. The smallest absolute Gasteiger partial charge is 0.298 e. The van der Waals surface area contributed by atoms with E-state index >= 15 is 0 Å². The van der Waals surface area contributed by atoms with Gasteiger partial charge < -0.3 is 19.3 Å². The maximum Gasteiger partial charge on any atom is 0.298 e. The van der Waals surface area contributed by atoms with Crippen molar-refractivity contribution in [3.8, 4) is 103 Å². The van der Waals surface area contributed by atoms with Crippen molar-refractivity contribution in [2.24, 2.45) is 11.8 Å². The van der Waals surface area contributed by atoms with E-state index in [1.54, 1.807) is 94.8 Å². The van der Waals surface area contributed by atoms with Crippen molar-refractivity contribution in [2.75, 3.05) is 22.9 Å². The Bertz CT molecular complexity index is 6640. The Kier molecular flexibility index (Phi) is 34.3. The largest absolute Gasteiger partial charge is 0.429 e. The van der Waals surface area contributed by atoms with E-state index in [1.165, 1.54) is 125 Å². The molecule has 0 bridgehead atoms. The third kappa shape index (κ3) is 23.3. The van der Waals surface area contributed by atoms with Crippen LogP contribution in [0.15, 0.2) is 276 Å². The van der Waals surface area contributed by atoms with Crippen LogP contribution in [0.4, 0.5) is 34.1 Å². The minimum atomic E-state index is -0.493. The number of rotatable bonds is 42. The zero-order valence-electron chi connectivity index (χ0n) is 77.9. The summed E-state index contributed by atoms with van der Waals surface area (Å²) in [5.74, 6) is -0.295. The molecule has 2 atom stereocenters. The number of nitriles is 2. The molecule has 2 unspecified atom stereocenters. The van der Waals surface area contributed by atoms with Crippen LogP contribution < -0.4 is 19.3 Å². The number of para-hydroxylation sites is 2. The first-order valence-corrected chi connectivity index (χ1v) is 53.6. The van der Waals surface area contributed by atoms with Crippen molar-refractivity contribution in [2.45, 2.75) is 171 Å². The molecule has 10 heterocycles. The van der Waals surface area contributed by atoms with Gasteiger partial charge in [-0.3, -0.25) is 38.6 Å². The Morgan fingerprint density at radius 3 is 1.07 bits per heavy atom. The lowest BCUT2D eigenvalue weighted by molar-refractivity contribution is -0.142. The maximum atomic E-state index is 14.2. The molecule has 4 amide bonds. The van der Waals surface area contributed by atoms with Crippen LogP contribution in [-0.2, 0) is 41.6 Å². The summed E-state index contributed by atoms with van der Waals surface area (Å²) in [6, 6.07) is 88.1. The van der Waals surface area contributed by atoms with Crippen LogP contribution >= 0.6 is 90.7 Å². The molecule has 8 aromatic heterocycles. The first-order chi connectivity index (χ1) is 66.4.